The molecule has 0 heterocycles. The van der Waals surface area contributed by atoms with E-state index in [9.17, 15) is 13.2 Å². The summed E-state index contributed by atoms with van der Waals surface area (Å²) in [5.41, 5.74) is 0.225. The van der Waals surface area contributed by atoms with Crippen molar-refractivity contribution in [3.63, 3.8) is 0 Å². The number of rotatable bonds is 5. The summed E-state index contributed by atoms with van der Waals surface area (Å²) in [5, 5.41) is 11.7. The molecule has 0 saturated heterocycles. The van der Waals surface area contributed by atoms with E-state index in [4.69, 9.17) is 5.26 Å². The normalized spacial score (nSPS) is 16.0. The maximum atomic E-state index is 11.6. The zero-order valence-electron chi connectivity index (χ0n) is 10.2. The highest BCUT2D eigenvalue weighted by Crippen LogP contribution is 2.10. The van der Waals surface area contributed by atoms with Crippen LogP contribution in [0.15, 0.2) is 41.1 Å². The van der Waals surface area contributed by atoms with E-state index in [1.165, 1.54) is 12.1 Å². The maximum Gasteiger partial charge on any atom is 0.325 e. The lowest BCUT2D eigenvalue weighted by atomic mass is 10.1. The number of nitriles is 1. The maximum absolute atomic E-state index is 11.6. The van der Waals surface area contributed by atoms with Gasteiger partial charge in [-0.15, -0.1) is 0 Å². The van der Waals surface area contributed by atoms with Crippen LogP contribution >= 0.6 is 0 Å². The zero-order valence-corrected chi connectivity index (χ0v) is 11.1. The molecule has 0 fully saturated rings. The van der Waals surface area contributed by atoms with Gasteiger partial charge < -0.3 is 0 Å². The summed E-state index contributed by atoms with van der Waals surface area (Å²) in [5.74, 6) is -0.717. The van der Waals surface area contributed by atoms with E-state index in [0.717, 1.165) is 30.7 Å². The molecule has 0 bridgehead atoms. The standard InChI is InChI=1S/C12H12N2O4S/c1-19(16,17)18-14-11(9-13)12(15)8-7-10-5-3-2-4-6-10/h3,5-8H,2,4H2,1H3. The van der Waals surface area contributed by atoms with Gasteiger partial charge in [0.2, 0.25) is 11.5 Å². The highest BCUT2D eigenvalue weighted by atomic mass is 32.2. The average Bonchev–Trinajstić information content (AvgIpc) is 2.37. The summed E-state index contributed by atoms with van der Waals surface area (Å²) < 4.78 is 25.4. The van der Waals surface area contributed by atoms with Crippen molar-refractivity contribution in [1.29, 1.82) is 5.26 Å². The SMILES string of the molecule is CS(=O)(=O)ON=C(C#N)C(=O)C=CC1=CCCC=C1. The smallest absolute Gasteiger partial charge is 0.287 e. The van der Waals surface area contributed by atoms with Crippen LogP contribution in [-0.2, 0) is 19.2 Å². The summed E-state index contributed by atoms with van der Waals surface area (Å²) >= 11 is 0. The number of oxime groups is 1. The molecule has 0 spiro atoms. The summed E-state index contributed by atoms with van der Waals surface area (Å²) in [6.45, 7) is 0. The van der Waals surface area contributed by atoms with E-state index in [2.05, 4.69) is 9.44 Å². The molecule has 1 aliphatic rings. The fraction of sp³-hybridized carbons (Fsp3) is 0.250. The Hall–Kier alpha value is -2.20. The van der Waals surface area contributed by atoms with Crippen LogP contribution in [0.5, 0.6) is 0 Å². The fourth-order valence-electron chi connectivity index (χ4n) is 1.23. The Bertz CT molecular complexity index is 619. The van der Waals surface area contributed by atoms with E-state index < -0.39 is 21.6 Å². The minimum Gasteiger partial charge on any atom is -0.287 e. The first kappa shape index (κ1) is 14.9. The third-order valence-electron chi connectivity index (χ3n) is 2.05. The van der Waals surface area contributed by atoms with Crippen LogP contribution in [-0.4, -0.2) is 26.2 Å². The van der Waals surface area contributed by atoms with Gasteiger partial charge in [0.1, 0.15) is 6.07 Å². The lowest BCUT2D eigenvalue weighted by Crippen LogP contribution is -2.11. The molecule has 0 aliphatic heterocycles. The van der Waals surface area contributed by atoms with E-state index in [0.29, 0.717) is 0 Å². The predicted octanol–water partition coefficient (Wildman–Crippen LogP) is 1.24. The Kier molecular flexibility index (Phi) is 5.21. The van der Waals surface area contributed by atoms with Crippen LogP contribution < -0.4 is 0 Å². The summed E-state index contributed by atoms with van der Waals surface area (Å²) in [6, 6.07) is 1.48. The van der Waals surface area contributed by atoms with Gasteiger partial charge in [0.25, 0.3) is 0 Å². The molecule has 1 aliphatic carbocycles. The molecule has 1 rings (SSSR count). The second-order valence-electron chi connectivity index (χ2n) is 3.71. The molecule has 100 valence electrons. The van der Waals surface area contributed by atoms with Gasteiger partial charge in [-0.1, -0.05) is 24.3 Å². The number of carbonyl (C=O) groups is 1. The van der Waals surface area contributed by atoms with Gasteiger partial charge in [-0.25, -0.2) is 0 Å². The average molecular weight is 280 g/mol. The summed E-state index contributed by atoms with van der Waals surface area (Å²) in [4.78, 5) is 11.6. The van der Waals surface area contributed by atoms with E-state index in [1.807, 2.05) is 18.2 Å². The molecular weight excluding hydrogens is 268 g/mol. The largest absolute Gasteiger partial charge is 0.325 e. The molecule has 0 aromatic heterocycles. The first-order valence-electron chi connectivity index (χ1n) is 5.38. The molecule has 0 radical (unpaired) electrons. The van der Waals surface area contributed by atoms with E-state index >= 15 is 0 Å². The van der Waals surface area contributed by atoms with Crippen molar-refractivity contribution < 1.29 is 17.5 Å². The van der Waals surface area contributed by atoms with Crippen molar-refractivity contribution >= 4 is 21.6 Å². The van der Waals surface area contributed by atoms with Gasteiger partial charge >= 0.3 is 10.1 Å². The summed E-state index contributed by atoms with van der Waals surface area (Å²) in [7, 11) is -3.84. The number of hydrogen-bond acceptors (Lipinski definition) is 6. The molecule has 0 N–H and O–H groups in total. The van der Waals surface area contributed by atoms with Gasteiger partial charge in [0.05, 0.1) is 6.26 Å². The van der Waals surface area contributed by atoms with E-state index in [-0.39, 0.29) is 0 Å². The third-order valence-corrected chi connectivity index (χ3v) is 2.40. The van der Waals surface area contributed by atoms with Gasteiger partial charge in [0, 0.05) is 0 Å². The molecule has 0 amide bonds. The van der Waals surface area contributed by atoms with Crippen LogP contribution in [0.3, 0.4) is 0 Å². The van der Waals surface area contributed by atoms with Crippen molar-refractivity contribution in [3.8, 4) is 6.07 Å². The molecule has 0 aromatic rings. The Morgan fingerprint density at radius 3 is 2.79 bits per heavy atom. The van der Waals surface area contributed by atoms with Gasteiger partial charge in [-0.3, -0.25) is 9.08 Å². The molecule has 0 saturated carbocycles. The Balaban J connectivity index is 2.75. The Morgan fingerprint density at radius 1 is 1.53 bits per heavy atom. The number of allylic oxidation sites excluding steroid dienone is 6. The first-order valence-corrected chi connectivity index (χ1v) is 7.20. The Morgan fingerprint density at radius 2 is 2.26 bits per heavy atom. The molecule has 0 unspecified atom stereocenters. The zero-order chi connectivity index (χ0) is 14.3. The molecule has 6 nitrogen and oxygen atoms in total. The third kappa shape index (κ3) is 5.79. The fourth-order valence-corrected chi connectivity index (χ4v) is 1.44. The van der Waals surface area contributed by atoms with Crippen molar-refractivity contribution in [2.24, 2.45) is 5.16 Å². The molecule has 19 heavy (non-hydrogen) atoms. The first-order chi connectivity index (χ1) is 8.92. The van der Waals surface area contributed by atoms with Crippen molar-refractivity contribution in [3.05, 3.63) is 36.0 Å². The van der Waals surface area contributed by atoms with Crippen LogP contribution in [0, 0.1) is 11.3 Å². The number of hydrogen-bond donors (Lipinski definition) is 0. The summed E-state index contributed by atoms with van der Waals surface area (Å²) in [6.07, 6.45) is 11.1. The second kappa shape index (κ2) is 6.66. The van der Waals surface area contributed by atoms with Crippen LogP contribution in [0.25, 0.3) is 0 Å². The quantitative estimate of drug-likeness (QED) is 0.429. The van der Waals surface area contributed by atoms with E-state index in [1.54, 1.807) is 0 Å². The highest BCUT2D eigenvalue weighted by Gasteiger charge is 2.10. The monoisotopic (exact) mass is 280 g/mol. The molecule has 0 atom stereocenters. The van der Waals surface area contributed by atoms with Crippen LogP contribution in [0.4, 0.5) is 0 Å². The van der Waals surface area contributed by atoms with Gasteiger partial charge in [0.15, 0.2) is 0 Å². The van der Waals surface area contributed by atoms with Crippen LogP contribution in [0.1, 0.15) is 12.8 Å². The minimum absolute atomic E-state index is 0.623. The topological polar surface area (TPSA) is 96.6 Å². The molecule has 0 aromatic carbocycles. The number of carbonyl (C=O) groups excluding carboxylic acids is 1. The lowest BCUT2D eigenvalue weighted by Gasteiger charge is -2.00. The Labute approximate surface area is 111 Å². The predicted molar refractivity (Wildman–Crippen MR) is 69.6 cm³/mol. The second-order valence-corrected chi connectivity index (χ2v) is 5.27. The number of nitrogens with zero attached hydrogens (tertiary/aromatic N) is 2. The van der Waals surface area contributed by atoms with Gasteiger partial charge in [-0.2, -0.15) is 13.7 Å². The lowest BCUT2D eigenvalue weighted by molar-refractivity contribution is -0.108. The van der Waals surface area contributed by atoms with Gasteiger partial charge in [-0.05, 0) is 29.6 Å². The highest BCUT2D eigenvalue weighted by molar-refractivity contribution is 7.85. The minimum atomic E-state index is -3.84. The van der Waals surface area contributed by atoms with Crippen molar-refractivity contribution in [2.75, 3.05) is 6.26 Å². The van der Waals surface area contributed by atoms with Crippen molar-refractivity contribution in [2.45, 2.75) is 12.8 Å². The molecular formula is C12H12N2O4S. The van der Waals surface area contributed by atoms with Crippen molar-refractivity contribution in [1.82, 2.24) is 0 Å². The number of ketones is 1. The van der Waals surface area contributed by atoms with Crippen LogP contribution in [0.2, 0.25) is 0 Å². The molecule has 7 heteroatoms.